The number of aryl methyl sites for hydroxylation is 1. The van der Waals surface area contributed by atoms with E-state index in [4.69, 9.17) is 4.74 Å². The molecule has 1 aliphatic carbocycles. The van der Waals surface area contributed by atoms with E-state index in [2.05, 4.69) is 4.57 Å². The molecule has 0 radical (unpaired) electrons. The summed E-state index contributed by atoms with van der Waals surface area (Å²) in [5.74, 6) is 0.631. The third kappa shape index (κ3) is 3.31. The zero-order valence-electron chi connectivity index (χ0n) is 14.4. The van der Waals surface area contributed by atoms with Crippen molar-refractivity contribution in [3.63, 3.8) is 0 Å². The van der Waals surface area contributed by atoms with Gasteiger partial charge in [-0.25, -0.2) is 0 Å². The van der Waals surface area contributed by atoms with E-state index in [1.54, 1.807) is 17.2 Å². The monoisotopic (exact) mass is 338 g/mol. The fraction of sp³-hybridized carbons (Fsp3) is 0.400. The molecule has 1 aromatic heterocycles. The van der Waals surface area contributed by atoms with Crippen LogP contribution in [0.25, 0.3) is 0 Å². The van der Waals surface area contributed by atoms with Crippen LogP contribution in [-0.2, 0) is 0 Å². The van der Waals surface area contributed by atoms with Gasteiger partial charge in [0.05, 0.1) is 6.54 Å². The number of ether oxygens (including phenoxy) is 1. The van der Waals surface area contributed by atoms with Gasteiger partial charge < -0.3 is 14.2 Å². The van der Waals surface area contributed by atoms with Gasteiger partial charge in [-0.1, -0.05) is 18.2 Å². The predicted octanol–water partition coefficient (Wildman–Crippen LogP) is 2.79. The van der Waals surface area contributed by atoms with Gasteiger partial charge in [-0.15, -0.1) is 0 Å². The molecule has 25 heavy (non-hydrogen) atoms. The number of hydrogen-bond acceptors (Lipinski definition) is 3. The highest BCUT2D eigenvalue weighted by atomic mass is 16.5. The van der Waals surface area contributed by atoms with E-state index in [-0.39, 0.29) is 23.0 Å². The number of carbonyl (C=O) groups excluding carboxylic acids is 1. The van der Waals surface area contributed by atoms with Crippen LogP contribution in [0.15, 0.2) is 47.4 Å². The largest absolute Gasteiger partial charge is 0.489 e. The summed E-state index contributed by atoms with van der Waals surface area (Å²) in [5, 5.41) is 0. The van der Waals surface area contributed by atoms with Gasteiger partial charge in [-0.05, 0) is 31.9 Å². The Labute approximate surface area is 146 Å². The topological polar surface area (TPSA) is 51.5 Å². The predicted molar refractivity (Wildman–Crippen MR) is 95.1 cm³/mol. The zero-order valence-corrected chi connectivity index (χ0v) is 14.4. The van der Waals surface area contributed by atoms with Crippen LogP contribution in [0.3, 0.4) is 0 Å². The van der Waals surface area contributed by atoms with Crippen LogP contribution in [-0.4, -0.2) is 34.6 Å². The molecule has 1 unspecified atom stereocenters. The molecule has 5 nitrogen and oxygen atoms in total. The van der Waals surface area contributed by atoms with Crippen LogP contribution in [0.1, 0.15) is 41.4 Å². The fourth-order valence-electron chi connectivity index (χ4n) is 3.42. The molecule has 1 amide bonds. The summed E-state index contributed by atoms with van der Waals surface area (Å²) >= 11 is 0. The summed E-state index contributed by atoms with van der Waals surface area (Å²) < 4.78 is 8.01. The molecule has 130 valence electrons. The first kappa shape index (κ1) is 15.9. The molecule has 0 N–H and O–H groups in total. The highest BCUT2D eigenvalue weighted by molar-refractivity contribution is 5.94. The van der Waals surface area contributed by atoms with E-state index < -0.39 is 0 Å². The number of likely N-dealkylation sites (tertiary alicyclic amines) is 1. The van der Waals surface area contributed by atoms with Crippen molar-refractivity contribution in [1.82, 2.24) is 9.47 Å². The van der Waals surface area contributed by atoms with Crippen molar-refractivity contribution >= 4 is 5.91 Å². The third-order valence-corrected chi connectivity index (χ3v) is 4.93. The summed E-state index contributed by atoms with van der Waals surface area (Å²) in [6.07, 6.45) is 4.75. The van der Waals surface area contributed by atoms with E-state index in [0.29, 0.717) is 19.1 Å². The van der Waals surface area contributed by atoms with Crippen LogP contribution < -0.4 is 10.2 Å². The Kier molecular flexibility index (Phi) is 4.07. The highest BCUT2D eigenvalue weighted by Gasteiger charge is 2.31. The Morgan fingerprint density at radius 2 is 1.92 bits per heavy atom. The minimum absolute atomic E-state index is 0.0255. The number of amides is 1. The Balaban J connectivity index is 1.48. The van der Waals surface area contributed by atoms with Crippen molar-refractivity contribution in [2.45, 2.75) is 38.3 Å². The van der Waals surface area contributed by atoms with E-state index >= 15 is 0 Å². The normalized spacial score (nSPS) is 19.9. The maximum Gasteiger partial charge on any atom is 0.259 e. The van der Waals surface area contributed by atoms with Gasteiger partial charge >= 0.3 is 0 Å². The molecule has 1 aliphatic heterocycles. The smallest absolute Gasteiger partial charge is 0.259 e. The van der Waals surface area contributed by atoms with E-state index in [0.717, 1.165) is 30.7 Å². The molecule has 5 heteroatoms. The average Bonchev–Trinajstić information content (AvgIpc) is 3.34. The summed E-state index contributed by atoms with van der Waals surface area (Å²) in [4.78, 5) is 26.9. The lowest BCUT2D eigenvalue weighted by Crippen LogP contribution is -2.34. The quantitative estimate of drug-likeness (QED) is 0.861. The van der Waals surface area contributed by atoms with Crippen molar-refractivity contribution < 1.29 is 9.53 Å². The molecule has 1 saturated carbocycles. The lowest BCUT2D eigenvalue weighted by atomic mass is 10.2. The SMILES string of the molecule is Cc1cc(=O)c(C(=O)N2CCC(Oc3ccccc3)C2)cn1C1CC1. The summed E-state index contributed by atoms with van der Waals surface area (Å²) in [7, 11) is 0. The average molecular weight is 338 g/mol. The first-order valence-corrected chi connectivity index (χ1v) is 8.85. The highest BCUT2D eigenvalue weighted by Crippen LogP contribution is 2.35. The van der Waals surface area contributed by atoms with Crippen molar-refractivity contribution in [1.29, 1.82) is 0 Å². The lowest BCUT2D eigenvalue weighted by Gasteiger charge is -2.18. The van der Waals surface area contributed by atoms with Crippen LogP contribution in [0.4, 0.5) is 0 Å². The number of benzene rings is 1. The maximum absolute atomic E-state index is 12.8. The number of rotatable bonds is 4. The second-order valence-electron chi connectivity index (χ2n) is 6.92. The van der Waals surface area contributed by atoms with Gasteiger partial charge in [-0.3, -0.25) is 9.59 Å². The van der Waals surface area contributed by atoms with Gasteiger partial charge in [0.25, 0.3) is 5.91 Å². The minimum atomic E-state index is -0.188. The number of carbonyl (C=O) groups is 1. The molecule has 1 saturated heterocycles. The standard InChI is InChI=1S/C20H22N2O3/c1-14-11-19(23)18(13-22(14)15-7-8-15)20(24)21-10-9-17(12-21)25-16-5-3-2-4-6-16/h2-6,11,13,15,17H,7-10,12H2,1H3. The Bertz CT molecular complexity index is 840. The van der Waals surface area contributed by atoms with Gasteiger partial charge in [0, 0.05) is 37.0 Å². The number of aromatic nitrogens is 1. The molecular formula is C20H22N2O3. The second-order valence-corrected chi connectivity index (χ2v) is 6.92. The van der Waals surface area contributed by atoms with Crippen molar-refractivity contribution in [3.8, 4) is 5.75 Å². The summed E-state index contributed by atoms with van der Waals surface area (Å²) in [5.41, 5.74) is 1.01. The van der Waals surface area contributed by atoms with Crippen LogP contribution in [0.2, 0.25) is 0 Å². The van der Waals surface area contributed by atoms with E-state index in [1.165, 1.54) is 0 Å². The van der Waals surface area contributed by atoms with Crippen molar-refractivity contribution in [3.05, 3.63) is 64.1 Å². The third-order valence-electron chi connectivity index (χ3n) is 4.93. The fourth-order valence-corrected chi connectivity index (χ4v) is 3.42. The Morgan fingerprint density at radius 3 is 2.64 bits per heavy atom. The summed E-state index contributed by atoms with van der Waals surface area (Å²) in [6, 6.07) is 11.7. The van der Waals surface area contributed by atoms with Crippen LogP contribution in [0.5, 0.6) is 5.75 Å². The van der Waals surface area contributed by atoms with Gasteiger partial charge in [0.2, 0.25) is 0 Å². The molecule has 2 heterocycles. The van der Waals surface area contributed by atoms with E-state index in [1.807, 2.05) is 37.3 Å². The number of para-hydroxylation sites is 1. The maximum atomic E-state index is 12.8. The van der Waals surface area contributed by atoms with E-state index in [9.17, 15) is 9.59 Å². The molecule has 2 aromatic rings. The van der Waals surface area contributed by atoms with Gasteiger partial charge in [0.1, 0.15) is 17.4 Å². The molecule has 4 rings (SSSR count). The van der Waals surface area contributed by atoms with Gasteiger partial charge in [0.15, 0.2) is 5.43 Å². The first-order chi connectivity index (χ1) is 12.1. The van der Waals surface area contributed by atoms with Crippen molar-refractivity contribution in [2.24, 2.45) is 0 Å². The number of nitrogens with zero attached hydrogens (tertiary/aromatic N) is 2. The van der Waals surface area contributed by atoms with Gasteiger partial charge in [-0.2, -0.15) is 0 Å². The number of pyridine rings is 1. The number of hydrogen-bond donors (Lipinski definition) is 0. The molecular weight excluding hydrogens is 316 g/mol. The molecule has 2 fully saturated rings. The van der Waals surface area contributed by atoms with Crippen LogP contribution >= 0.6 is 0 Å². The Hall–Kier alpha value is -2.56. The zero-order chi connectivity index (χ0) is 17.4. The molecule has 0 spiro atoms. The lowest BCUT2D eigenvalue weighted by molar-refractivity contribution is 0.0770. The Morgan fingerprint density at radius 1 is 1.16 bits per heavy atom. The molecule has 2 aliphatic rings. The molecule has 1 aromatic carbocycles. The van der Waals surface area contributed by atoms with Crippen molar-refractivity contribution in [2.75, 3.05) is 13.1 Å². The minimum Gasteiger partial charge on any atom is -0.489 e. The summed E-state index contributed by atoms with van der Waals surface area (Å²) in [6.45, 7) is 3.06. The first-order valence-electron chi connectivity index (χ1n) is 8.85. The molecule has 0 bridgehead atoms. The van der Waals surface area contributed by atoms with Crippen LogP contribution in [0, 0.1) is 6.92 Å². The molecule has 1 atom stereocenters. The second kappa shape index (κ2) is 6.39.